The Labute approximate surface area is 167 Å². The van der Waals surface area contributed by atoms with Gasteiger partial charge in [-0.3, -0.25) is 0 Å². The molecule has 2 aromatic carbocycles. The van der Waals surface area contributed by atoms with Gasteiger partial charge in [-0.15, -0.1) is 5.10 Å². The molecular formula is C19H22N4O4S. The van der Waals surface area contributed by atoms with Crippen LogP contribution in [0.15, 0.2) is 53.7 Å². The predicted molar refractivity (Wildman–Crippen MR) is 105 cm³/mol. The number of benzene rings is 2. The molecule has 3 rings (SSSR count). The zero-order valence-corrected chi connectivity index (χ0v) is 16.5. The van der Waals surface area contributed by atoms with Crippen LogP contribution in [0.1, 0.15) is 5.56 Å². The fourth-order valence-electron chi connectivity index (χ4n) is 2.50. The maximum absolute atomic E-state index is 10.2. The van der Waals surface area contributed by atoms with Crippen LogP contribution in [0.3, 0.4) is 0 Å². The molecule has 0 aliphatic carbocycles. The zero-order valence-electron chi connectivity index (χ0n) is 15.7. The summed E-state index contributed by atoms with van der Waals surface area (Å²) in [6, 6.07) is 15.2. The molecule has 0 amide bonds. The summed E-state index contributed by atoms with van der Waals surface area (Å²) >= 11 is 1.37. The van der Waals surface area contributed by atoms with Gasteiger partial charge >= 0.3 is 0 Å². The fourth-order valence-corrected chi connectivity index (χ4v) is 3.30. The standard InChI is InChI=1S/C19H22N4O4S/c1-25-17-9-8-14(10-18(17)26-2)11-27-12-16(24)13-28-19-20-21-22-23(19)15-6-4-3-5-7-15/h3-10,16,24H,11-13H2,1-2H3. The highest BCUT2D eigenvalue weighted by Crippen LogP contribution is 2.27. The van der Waals surface area contributed by atoms with Crippen LogP contribution in [0, 0.1) is 0 Å². The van der Waals surface area contributed by atoms with Crippen molar-refractivity contribution >= 4 is 11.8 Å². The number of tetrazole rings is 1. The molecule has 1 aromatic heterocycles. The second-order valence-corrected chi connectivity index (χ2v) is 6.87. The Morgan fingerprint density at radius 1 is 1.07 bits per heavy atom. The maximum atomic E-state index is 10.2. The van der Waals surface area contributed by atoms with Gasteiger partial charge in [0.05, 0.1) is 39.2 Å². The minimum absolute atomic E-state index is 0.203. The molecule has 0 fully saturated rings. The number of ether oxygens (including phenoxy) is 3. The van der Waals surface area contributed by atoms with Crippen LogP contribution >= 0.6 is 11.8 Å². The molecule has 0 spiro atoms. The van der Waals surface area contributed by atoms with Crippen LogP contribution in [0.2, 0.25) is 0 Å². The summed E-state index contributed by atoms with van der Waals surface area (Å²) in [4.78, 5) is 0. The largest absolute Gasteiger partial charge is 0.493 e. The van der Waals surface area contributed by atoms with Crippen molar-refractivity contribution < 1.29 is 19.3 Å². The maximum Gasteiger partial charge on any atom is 0.214 e. The fraction of sp³-hybridized carbons (Fsp3) is 0.316. The van der Waals surface area contributed by atoms with Gasteiger partial charge in [-0.05, 0) is 40.3 Å². The number of rotatable bonds is 10. The van der Waals surface area contributed by atoms with Gasteiger partial charge < -0.3 is 19.3 Å². The van der Waals surface area contributed by atoms with Gasteiger partial charge in [-0.2, -0.15) is 4.68 Å². The Morgan fingerprint density at radius 3 is 2.61 bits per heavy atom. The van der Waals surface area contributed by atoms with Crippen LogP contribution in [0.4, 0.5) is 0 Å². The summed E-state index contributed by atoms with van der Waals surface area (Å²) in [5.41, 5.74) is 1.81. The monoisotopic (exact) mass is 402 g/mol. The number of methoxy groups -OCH3 is 2. The third-order valence-corrected chi connectivity index (χ3v) is 4.94. The first kappa shape index (κ1) is 20.1. The van der Waals surface area contributed by atoms with E-state index in [9.17, 15) is 5.11 Å². The predicted octanol–water partition coefficient (Wildman–Crippen LogP) is 2.35. The second-order valence-electron chi connectivity index (χ2n) is 5.88. The lowest BCUT2D eigenvalue weighted by atomic mass is 10.2. The van der Waals surface area contributed by atoms with Gasteiger partial charge in [0.1, 0.15) is 0 Å². The summed E-state index contributed by atoms with van der Waals surface area (Å²) in [7, 11) is 3.18. The van der Waals surface area contributed by atoms with Gasteiger partial charge in [-0.1, -0.05) is 36.0 Å². The van der Waals surface area contributed by atoms with Crippen LogP contribution in [0.25, 0.3) is 5.69 Å². The number of hydrogen-bond acceptors (Lipinski definition) is 8. The first-order valence-electron chi connectivity index (χ1n) is 8.64. The Morgan fingerprint density at radius 2 is 1.86 bits per heavy atom. The van der Waals surface area contributed by atoms with Gasteiger partial charge in [0.25, 0.3) is 0 Å². The van der Waals surface area contributed by atoms with Crippen molar-refractivity contribution in [3.05, 3.63) is 54.1 Å². The molecule has 28 heavy (non-hydrogen) atoms. The SMILES string of the molecule is COc1ccc(COCC(O)CSc2nnnn2-c2ccccc2)cc1OC. The molecule has 0 bridgehead atoms. The van der Waals surface area contributed by atoms with Crippen molar-refractivity contribution in [1.29, 1.82) is 0 Å². The van der Waals surface area contributed by atoms with Gasteiger partial charge in [-0.25, -0.2) is 0 Å². The van der Waals surface area contributed by atoms with Crippen molar-refractivity contribution in [3.63, 3.8) is 0 Å². The van der Waals surface area contributed by atoms with Crippen LogP contribution in [-0.2, 0) is 11.3 Å². The number of thioether (sulfide) groups is 1. The quantitative estimate of drug-likeness (QED) is 0.517. The average Bonchev–Trinajstić information content (AvgIpc) is 3.21. The molecule has 0 radical (unpaired) electrons. The normalized spacial score (nSPS) is 12.0. The molecule has 1 atom stereocenters. The molecule has 0 saturated heterocycles. The number of aliphatic hydroxyl groups excluding tert-OH is 1. The molecule has 1 N–H and O–H groups in total. The molecule has 0 aliphatic rings. The Hall–Kier alpha value is -2.62. The van der Waals surface area contributed by atoms with E-state index in [4.69, 9.17) is 14.2 Å². The average molecular weight is 402 g/mol. The Bertz CT molecular complexity index is 875. The van der Waals surface area contributed by atoms with E-state index < -0.39 is 6.10 Å². The Kier molecular flexibility index (Phi) is 7.24. The highest BCUT2D eigenvalue weighted by Gasteiger charge is 2.12. The van der Waals surface area contributed by atoms with E-state index in [1.54, 1.807) is 18.9 Å². The summed E-state index contributed by atoms with van der Waals surface area (Å²) < 4.78 is 17.8. The molecular weight excluding hydrogens is 380 g/mol. The molecule has 0 saturated carbocycles. The summed E-state index contributed by atoms with van der Waals surface area (Å²) in [5, 5.41) is 22.5. The highest BCUT2D eigenvalue weighted by atomic mass is 32.2. The molecule has 1 unspecified atom stereocenters. The minimum atomic E-state index is -0.647. The molecule has 148 valence electrons. The molecule has 1 heterocycles. The molecule has 0 aliphatic heterocycles. The lowest BCUT2D eigenvalue weighted by Crippen LogP contribution is -2.18. The first-order chi connectivity index (χ1) is 13.7. The first-order valence-corrected chi connectivity index (χ1v) is 9.63. The topological polar surface area (TPSA) is 91.5 Å². The van der Waals surface area contributed by atoms with Crippen molar-refractivity contribution in [2.75, 3.05) is 26.6 Å². The summed E-state index contributed by atoms with van der Waals surface area (Å²) in [6.07, 6.45) is -0.647. The van der Waals surface area contributed by atoms with E-state index >= 15 is 0 Å². The van der Waals surface area contributed by atoms with E-state index in [-0.39, 0.29) is 6.61 Å². The van der Waals surface area contributed by atoms with E-state index in [0.717, 1.165) is 11.3 Å². The molecule has 8 nitrogen and oxygen atoms in total. The van der Waals surface area contributed by atoms with Crippen molar-refractivity contribution in [2.24, 2.45) is 0 Å². The Balaban J connectivity index is 1.47. The molecule has 9 heteroatoms. The van der Waals surface area contributed by atoms with Crippen LogP contribution in [0.5, 0.6) is 11.5 Å². The van der Waals surface area contributed by atoms with E-state index in [1.165, 1.54) is 11.8 Å². The van der Waals surface area contributed by atoms with Gasteiger partial charge in [0, 0.05) is 5.75 Å². The lowest BCUT2D eigenvalue weighted by Gasteiger charge is -2.12. The van der Waals surface area contributed by atoms with Crippen molar-refractivity contribution in [1.82, 2.24) is 20.2 Å². The number of aliphatic hydroxyl groups is 1. The summed E-state index contributed by atoms with van der Waals surface area (Å²) in [6.45, 7) is 0.568. The van der Waals surface area contributed by atoms with Crippen LogP contribution < -0.4 is 9.47 Å². The number of para-hydroxylation sites is 1. The van der Waals surface area contributed by atoms with Gasteiger partial charge in [0.15, 0.2) is 11.5 Å². The van der Waals surface area contributed by atoms with Crippen molar-refractivity contribution in [3.8, 4) is 17.2 Å². The minimum Gasteiger partial charge on any atom is -0.493 e. The number of hydrogen-bond donors (Lipinski definition) is 1. The lowest BCUT2D eigenvalue weighted by molar-refractivity contribution is 0.0397. The highest BCUT2D eigenvalue weighted by molar-refractivity contribution is 7.99. The van der Waals surface area contributed by atoms with Crippen LogP contribution in [-0.4, -0.2) is 58.0 Å². The third kappa shape index (κ3) is 5.22. The summed E-state index contributed by atoms with van der Waals surface area (Å²) in [5.74, 6) is 1.73. The van der Waals surface area contributed by atoms with E-state index in [1.807, 2.05) is 48.5 Å². The van der Waals surface area contributed by atoms with E-state index in [0.29, 0.717) is 29.0 Å². The smallest absolute Gasteiger partial charge is 0.214 e. The van der Waals surface area contributed by atoms with Gasteiger partial charge in [0.2, 0.25) is 5.16 Å². The second kappa shape index (κ2) is 10.1. The van der Waals surface area contributed by atoms with Crippen molar-refractivity contribution in [2.45, 2.75) is 17.9 Å². The zero-order chi connectivity index (χ0) is 19.8. The number of aromatic nitrogens is 4. The van der Waals surface area contributed by atoms with E-state index in [2.05, 4.69) is 15.5 Å². The third-order valence-electron chi connectivity index (χ3n) is 3.87. The number of nitrogens with zero attached hydrogens (tertiary/aromatic N) is 4. The molecule has 3 aromatic rings.